The maximum absolute atomic E-state index is 12.9. The van der Waals surface area contributed by atoms with Crippen molar-refractivity contribution >= 4 is 17.4 Å². The SMILES string of the molecule is COc1ccc(C(=O)Nc2ccc(-c3ccc(C(C)=O)cc3)c(C)c2)cc1CCCN(C)C. The Bertz CT molecular complexity index is 1130. The molecule has 3 rings (SSSR count). The summed E-state index contributed by atoms with van der Waals surface area (Å²) in [4.78, 5) is 26.6. The van der Waals surface area contributed by atoms with Gasteiger partial charge < -0.3 is 15.0 Å². The third kappa shape index (κ3) is 6.30. The Labute approximate surface area is 196 Å². The molecule has 33 heavy (non-hydrogen) atoms. The topological polar surface area (TPSA) is 58.6 Å². The largest absolute Gasteiger partial charge is 0.496 e. The van der Waals surface area contributed by atoms with E-state index in [0.29, 0.717) is 11.1 Å². The van der Waals surface area contributed by atoms with Gasteiger partial charge in [-0.25, -0.2) is 0 Å². The first kappa shape index (κ1) is 24.2. The maximum Gasteiger partial charge on any atom is 0.255 e. The van der Waals surface area contributed by atoms with Crippen molar-refractivity contribution in [2.24, 2.45) is 0 Å². The summed E-state index contributed by atoms with van der Waals surface area (Å²) in [5.41, 5.74) is 6.23. The van der Waals surface area contributed by atoms with Gasteiger partial charge in [0.05, 0.1) is 7.11 Å². The number of nitrogens with one attached hydrogen (secondary N) is 1. The first-order valence-electron chi connectivity index (χ1n) is 11.1. The Morgan fingerprint density at radius 1 is 0.939 bits per heavy atom. The molecule has 1 N–H and O–H groups in total. The zero-order valence-electron chi connectivity index (χ0n) is 20.1. The van der Waals surface area contributed by atoms with Crippen LogP contribution in [0.5, 0.6) is 5.75 Å². The monoisotopic (exact) mass is 444 g/mol. The molecule has 172 valence electrons. The maximum atomic E-state index is 12.9. The van der Waals surface area contributed by atoms with Crippen LogP contribution in [0.3, 0.4) is 0 Å². The van der Waals surface area contributed by atoms with Crippen molar-refractivity contribution in [1.82, 2.24) is 4.90 Å². The first-order valence-corrected chi connectivity index (χ1v) is 11.1. The van der Waals surface area contributed by atoms with Gasteiger partial charge in [0.25, 0.3) is 5.91 Å². The lowest BCUT2D eigenvalue weighted by molar-refractivity contribution is 0.101. The summed E-state index contributed by atoms with van der Waals surface area (Å²) in [7, 11) is 5.76. The number of carbonyl (C=O) groups excluding carboxylic acids is 2. The second-order valence-corrected chi connectivity index (χ2v) is 8.55. The number of nitrogens with zero attached hydrogens (tertiary/aromatic N) is 1. The molecule has 5 heteroatoms. The van der Waals surface area contributed by atoms with E-state index in [1.807, 2.05) is 61.5 Å². The molecule has 0 unspecified atom stereocenters. The average Bonchev–Trinajstić information content (AvgIpc) is 2.79. The van der Waals surface area contributed by atoms with Crippen molar-refractivity contribution in [3.63, 3.8) is 0 Å². The van der Waals surface area contributed by atoms with Gasteiger partial charge in [0, 0.05) is 16.8 Å². The van der Waals surface area contributed by atoms with Crippen molar-refractivity contribution in [3.8, 4) is 16.9 Å². The molecular weight excluding hydrogens is 412 g/mol. The Hall–Kier alpha value is -3.44. The van der Waals surface area contributed by atoms with Crippen LogP contribution in [-0.4, -0.2) is 44.3 Å². The van der Waals surface area contributed by atoms with E-state index in [-0.39, 0.29) is 11.7 Å². The highest BCUT2D eigenvalue weighted by Crippen LogP contribution is 2.27. The third-order valence-corrected chi connectivity index (χ3v) is 5.68. The molecule has 0 saturated carbocycles. The van der Waals surface area contributed by atoms with Gasteiger partial charge in [0.2, 0.25) is 0 Å². The van der Waals surface area contributed by atoms with Crippen LogP contribution in [0.1, 0.15) is 45.2 Å². The highest BCUT2D eigenvalue weighted by Gasteiger charge is 2.12. The zero-order valence-corrected chi connectivity index (χ0v) is 20.1. The second-order valence-electron chi connectivity index (χ2n) is 8.55. The predicted octanol–water partition coefficient (Wildman–Crippen LogP) is 5.62. The van der Waals surface area contributed by atoms with Crippen LogP contribution < -0.4 is 10.1 Å². The number of rotatable bonds is 9. The molecule has 0 aliphatic carbocycles. The van der Waals surface area contributed by atoms with E-state index in [2.05, 4.69) is 24.3 Å². The number of ether oxygens (including phenoxy) is 1. The Morgan fingerprint density at radius 3 is 2.24 bits per heavy atom. The second kappa shape index (κ2) is 10.9. The molecule has 0 aliphatic heterocycles. The standard InChI is InChI=1S/C28H32N2O3/c1-19-17-25(13-14-26(19)22-10-8-21(9-11-22)20(2)31)29-28(32)24-12-15-27(33-5)23(18-24)7-6-16-30(3)4/h8-15,17-18H,6-7,16H2,1-5H3,(H,29,32). The van der Waals surface area contributed by atoms with E-state index < -0.39 is 0 Å². The number of benzene rings is 3. The Balaban J connectivity index is 1.74. The predicted molar refractivity (Wildman–Crippen MR) is 134 cm³/mol. The average molecular weight is 445 g/mol. The van der Waals surface area contributed by atoms with Gasteiger partial charge in [0.1, 0.15) is 5.75 Å². The molecule has 0 saturated heterocycles. The fraction of sp³-hybridized carbons (Fsp3) is 0.286. The smallest absolute Gasteiger partial charge is 0.255 e. The van der Waals surface area contributed by atoms with Crippen LogP contribution >= 0.6 is 0 Å². The van der Waals surface area contributed by atoms with Crippen LogP contribution in [0, 0.1) is 6.92 Å². The van der Waals surface area contributed by atoms with Gasteiger partial charge in [-0.2, -0.15) is 0 Å². The fourth-order valence-electron chi connectivity index (χ4n) is 3.85. The van der Waals surface area contributed by atoms with Gasteiger partial charge in [-0.15, -0.1) is 0 Å². The first-order chi connectivity index (χ1) is 15.8. The third-order valence-electron chi connectivity index (χ3n) is 5.68. The number of amides is 1. The molecule has 0 heterocycles. The molecular formula is C28H32N2O3. The number of carbonyl (C=O) groups is 2. The number of aryl methyl sites for hydroxylation is 2. The lowest BCUT2D eigenvalue weighted by atomic mass is 9.98. The van der Waals surface area contributed by atoms with Crippen LogP contribution in [0.4, 0.5) is 5.69 Å². The molecule has 0 radical (unpaired) electrons. The van der Waals surface area contributed by atoms with E-state index in [4.69, 9.17) is 4.74 Å². The van der Waals surface area contributed by atoms with E-state index in [9.17, 15) is 9.59 Å². The minimum Gasteiger partial charge on any atom is -0.496 e. The van der Waals surface area contributed by atoms with Crippen LogP contribution in [0.2, 0.25) is 0 Å². The summed E-state index contributed by atoms with van der Waals surface area (Å²) in [6.07, 6.45) is 1.83. The molecule has 0 aliphatic rings. The van der Waals surface area contributed by atoms with Gasteiger partial charge in [0.15, 0.2) is 5.78 Å². The molecule has 0 spiro atoms. The van der Waals surface area contributed by atoms with Gasteiger partial charge >= 0.3 is 0 Å². The van der Waals surface area contributed by atoms with E-state index >= 15 is 0 Å². The van der Waals surface area contributed by atoms with Crippen LogP contribution in [0.15, 0.2) is 60.7 Å². The molecule has 3 aromatic carbocycles. The number of hydrogen-bond acceptors (Lipinski definition) is 4. The highest BCUT2D eigenvalue weighted by molar-refractivity contribution is 6.04. The summed E-state index contributed by atoms with van der Waals surface area (Å²) in [5.74, 6) is 0.710. The quantitative estimate of drug-likeness (QED) is 0.435. The number of hydrogen-bond donors (Lipinski definition) is 1. The number of ketones is 1. The molecule has 5 nitrogen and oxygen atoms in total. The van der Waals surface area contributed by atoms with Crippen molar-refractivity contribution in [2.45, 2.75) is 26.7 Å². The van der Waals surface area contributed by atoms with Crippen molar-refractivity contribution in [3.05, 3.63) is 82.9 Å². The normalized spacial score (nSPS) is 10.8. The van der Waals surface area contributed by atoms with Crippen molar-refractivity contribution in [2.75, 3.05) is 33.1 Å². The zero-order chi connectivity index (χ0) is 24.0. The summed E-state index contributed by atoms with van der Waals surface area (Å²) >= 11 is 0. The van der Waals surface area contributed by atoms with Gasteiger partial charge in [-0.3, -0.25) is 9.59 Å². The highest BCUT2D eigenvalue weighted by atomic mass is 16.5. The molecule has 0 aromatic heterocycles. The number of Topliss-reactive ketones (excluding diaryl/α,β-unsaturated/α-hetero) is 1. The molecule has 0 fully saturated rings. The van der Waals surface area contributed by atoms with E-state index in [1.165, 1.54) is 0 Å². The summed E-state index contributed by atoms with van der Waals surface area (Å²) in [6.45, 7) is 4.55. The molecule has 0 atom stereocenters. The molecule has 1 amide bonds. The summed E-state index contributed by atoms with van der Waals surface area (Å²) in [6, 6.07) is 19.0. The Morgan fingerprint density at radius 2 is 1.64 bits per heavy atom. The summed E-state index contributed by atoms with van der Waals surface area (Å²) in [5, 5.41) is 3.01. The Kier molecular flexibility index (Phi) is 8.01. The van der Waals surface area contributed by atoms with Gasteiger partial charge in [-0.05, 0) is 99.9 Å². The van der Waals surface area contributed by atoms with E-state index in [1.54, 1.807) is 20.1 Å². The molecule has 3 aromatic rings. The fourth-order valence-corrected chi connectivity index (χ4v) is 3.85. The lowest BCUT2D eigenvalue weighted by Crippen LogP contribution is -2.14. The molecule has 0 bridgehead atoms. The summed E-state index contributed by atoms with van der Waals surface area (Å²) < 4.78 is 5.48. The van der Waals surface area contributed by atoms with Crippen molar-refractivity contribution in [1.29, 1.82) is 0 Å². The minimum absolute atomic E-state index is 0.0516. The van der Waals surface area contributed by atoms with Crippen LogP contribution in [0.25, 0.3) is 11.1 Å². The lowest BCUT2D eigenvalue weighted by Gasteiger charge is -2.14. The number of methoxy groups -OCH3 is 1. The van der Waals surface area contributed by atoms with E-state index in [0.717, 1.165) is 53.1 Å². The van der Waals surface area contributed by atoms with Gasteiger partial charge in [-0.1, -0.05) is 30.3 Å². The van der Waals surface area contributed by atoms with Crippen LogP contribution in [-0.2, 0) is 6.42 Å². The number of anilines is 1. The van der Waals surface area contributed by atoms with Crippen molar-refractivity contribution < 1.29 is 14.3 Å². The minimum atomic E-state index is -0.149.